The highest BCUT2D eigenvalue weighted by atomic mass is 35.5. The topological polar surface area (TPSA) is 157 Å². The van der Waals surface area contributed by atoms with Crippen LogP contribution < -0.4 is 10.8 Å². The van der Waals surface area contributed by atoms with E-state index < -0.39 is 5.91 Å². The predicted molar refractivity (Wildman–Crippen MR) is 234 cm³/mol. The molecule has 292 valence electrons. The number of nitrogens with one attached hydrogen (secondary N) is 2. The monoisotopic (exact) mass is 808 g/mol. The van der Waals surface area contributed by atoms with Crippen molar-refractivity contribution in [2.45, 2.75) is 13.5 Å². The number of ketones is 1. The number of benzene rings is 8. The van der Waals surface area contributed by atoms with Crippen molar-refractivity contribution in [3.05, 3.63) is 178 Å². The Bertz CT molecular complexity index is 3110. The summed E-state index contributed by atoms with van der Waals surface area (Å²) in [5.74, 6) is -1.22. The van der Waals surface area contributed by atoms with E-state index in [0.717, 1.165) is 27.8 Å². The zero-order valence-electron chi connectivity index (χ0n) is 31.8. The Morgan fingerprint density at radius 1 is 0.633 bits per heavy atom. The fourth-order valence-corrected chi connectivity index (χ4v) is 7.41. The molecule has 0 fully saturated rings. The number of halogens is 1. The number of carbonyl (C=O) groups excluding carboxylic acids is 2. The third-order valence-corrected chi connectivity index (χ3v) is 10.5. The van der Waals surface area contributed by atoms with E-state index in [1.807, 2.05) is 79.7 Å². The van der Waals surface area contributed by atoms with E-state index in [0.29, 0.717) is 54.9 Å². The van der Waals surface area contributed by atoms with E-state index in [4.69, 9.17) is 16.4 Å². The van der Waals surface area contributed by atoms with Gasteiger partial charge in [-0.2, -0.15) is 10.2 Å². The van der Waals surface area contributed by atoms with Gasteiger partial charge in [-0.3, -0.25) is 19.9 Å². The fraction of sp³-hybridized carbons (Fsp3) is 0.0417. The minimum atomic E-state index is -0.571. The molecule has 9 rings (SSSR count). The number of aryl methyl sites for hydroxylation is 1. The third kappa shape index (κ3) is 7.30. The number of amides is 1. The molecule has 0 atom stereocenters. The Kier molecular flexibility index (Phi) is 10.0. The maximum Gasteiger partial charge on any atom is 0.259 e. The molecule has 11 nitrogen and oxygen atoms in total. The number of hydrogen-bond donors (Lipinski definition) is 4. The minimum Gasteiger partial charge on any atom is -0.505 e. The summed E-state index contributed by atoms with van der Waals surface area (Å²) in [6, 6.07) is 43.2. The quantitative estimate of drug-likeness (QED) is 0.0795. The van der Waals surface area contributed by atoms with Gasteiger partial charge >= 0.3 is 0 Å². The second kappa shape index (κ2) is 15.9. The number of para-hydroxylation sites is 1. The summed E-state index contributed by atoms with van der Waals surface area (Å²) in [6.45, 7) is 2.05. The van der Waals surface area contributed by atoms with Crippen molar-refractivity contribution in [2.24, 2.45) is 20.5 Å². The first-order valence-corrected chi connectivity index (χ1v) is 19.2. The molecule has 0 saturated heterocycles. The number of azo groups is 2. The van der Waals surface area contributed by atoms with E-state index in [1.54, 1.807) is 72.8 Å². The number of nitrogens with zero attached hydrogens (tertiary/aromatic N) is 4. The smallest absolute Gasteiger partial charge is 0.259 e. The van der Waals surface area contributed by atoms with Crippen molar-refractivity contribution in [1.29, 1.82) is 0 Å². The summed E-state index contributed by atoms with van der Waals surface area (Å²) in [5.41, 5.74) is 9.17. The van der Waals surface area contributed by atoms with Gasteiger partial charge in [-0.15, -0.1) is 10.2 Å². The van der Waals surface area contributed by atoms with Crippen LogP contribution in [0.3, 0.4) is 0 Å². The number of anilines is 2. The number of carbonyl (C=O) groups is 2. The van der Waals surface area contributed by atoms with Crippen LogP contribution >= 0.6 is 11.6 Å². The molecule has 0 saturated carbocycles. The molecule has 0 aromatic heterocycles. The maximum absolute atomic E-state index is 13.9. The molecule has 0 heterocycles. The third-order valence-electron chi connectivity index (χ3n) is 10.2. The standard InChI is InChI=1S/C48H33ClN6O5/c1-27-9-8-12-33(21-27)55-60-26-30-22-28-10-2-4-13-34(28)43(45(30)56)53-51-31-17-19-36-37-20-18-32(25-39(37)46(57)38(36)24-31)52-54-44-35-14-5-3-11-29(35)23-40(47(44)58)48(59)50-42-16-7-6-15-41(42)49/h2-25,55-56,58H,26H2,1H3,(H,50,59). The molecule has 1 aliphatic rings. The van der Waals surface area contributed by atoms with Gasteiger partial charge in [0.1, 0.15) is 23.7 Å². The van der Waals surface area contributed by atoms with Crippen LogP contribution in [0.25, 0.3) is 32.7 Å². The van der Waals surface area contributed by atoms with Crippen LogP contribution in [0.4, 0.5) is 34.1 Å². The zero-order chi connectivity index (χ0) is 41.3. The normalized spacial score (nSPS) is 12.1. The Morgan fingerprint density at radius 2 is 1.23 bits per heavy atom. The average molecular weight is 809 g/mol. The molecule has 8 aromatic rings. The lowest BCUT2D eigenvalue weighted by Crippen LogP contribution is -2.12. The molecular weight excluding hydrogens is 776 g/mol. The van der Waals surface area contributed by atoms with E-state index in [2.05, 4.69) is 31.3 Å². The fourth-order valence-electron chi connectivity index (χ4n) is 7.23. The molecule has 12 heteroatoms. The van der Waals surface area contributed by atoms with Crippen molar-refractivity contribution in [2.75, 3.05) is 10.8 Å². The molecule has 0 unspecified atom stereocenters. The Morgan fingerprint density at radius 3 is 1.88 bits per heavy atom. The highest BCUT2D eigenvalue weighted by molar-refractivity contribution is 6.34. The summed E-state index contributed by atoms with van der Waals surface area (Å²) in [4.78, 5) is 33.0. The highest BCUT2D eigenvalue weighted by Crippen LogP contribution is 2.44. The molecule has 0 spiro atoms. The van der Waals surface area contributed by atoms with Crippen molar-refractivity contribution in [3.63, 3.8) is 0 Å². The molecular formula is C48H33ClN6O5. The van der Waals surface area contributed by atoms with Gasteiger partial charge in [-0.1, -0.05) is 96.5 Å². The van der Waals surface area contributed by atoms with Gasteiger partial charge in [0.05, 0.1) is 33.3 Å². The molecule has 4 N–H and O–H groups in total. The summed E-state index contributed by atoms with van der Waals surface area (Å²) < 4.78 is 0. The van der Waals surface area contributed by atoms with Gasteiger partial charge in [0, 0.05) is 27.5 Å². The van der Waals surface area contributed by atoms with Gasteiger partial charge < -0.3 is 15.5 Å². The summed E-state index contributed by atoms with van der Waals surface area (Å²) in [6.07, 6.45) is 0. The van der Waals surface area contributed by atoms with Crippen molar-refractivity contribution >= 4 is 79.0 Å². The van der Waals surface area contributed by atoms with Crippen LogP contribution in [0, 0.1) is 6.92 Å². The molecule has 0 radical (unpaired) electrons. The molecule has 0 aliphatic heterocycles. The lowest BCUT2D eigenvalue weighted by molar-refractivity contribution is 0.102. The van der Waals surface area contributed by atoms with E-state index >= 15 is 0 Å². The molecule has 1 aliphatic carbocycles. The number of phenolic OH excluding ortho intramolecular Hbond substituents is 2. The number of aromatic hydroxyl groups is 2. The van der Waals surface area contributed by atoms with Crippen LogP contribution in [0.15, 0.2) is 166 Å². The zero-order valence-corrected chi connectivity index (χ0v) is 32.6. The summed E-state index contributed by atoms with van der Waals surface area (Å²) in [7, 11) is 0. The van der Waals surface area contributed by atoms with Crippen molar-refractivity contribution in [1.82, 2.24) is 0 Å². The Hall–Kier alpha value is -7.73. The highest BCUT2D eigenvalue weighted by Gasteiger charge is 2.28. The van der Waals surface area contributed by atoms with Gasteiger partial charge in [-0.25, -0.2) is 0 Å². The van der Waals surface area contributed by atoms with Crippen molar-refractivity contribution in [3.8, 4) is 22.6 Å². The SMILES string of the molecule is Cc1cccc(NOCc2cc3ccccc3c(N=Nc3ccc4c(c3)C(=O)c3cc(N=Nc5c(O)c(C(=O)Nc6ccccc6Cl)cc6ccccc56)ccc3-4)c2O)c1. The number of phenols is 2. The van der Waals surface area contributed by atoms with E-state index in [1.165, 1.54) is 0 Å². The number of fused-ring (bicyclic) bond motifs is 5. The Labute approximate surface area is 348 Å². The van der Waals surface area contributed by atoms with Gasteiger partial charge in [-0.05, 0) is 95.1 Å². The lowest BCUT2D eigenvalue weighted by Gasteiger charge is -2.12. The first-order valence-electron chi connectivity index (χ1n) is 18.9. The molecule has 8 aromatic carbocycles. The molecule has 60 heavy (non-hydrogen) atoms. The van der Waals surface area contributed by atoms with E-state index in [-0.39, 0.29) is 40.8 Å². The summed E-state index contributed by atoms with van der Waals surface area (Å²) >= 11 is 6.26. The Balaban J connectivity index is 0.969. The number of rotatable bonds is 10. The van der Waals surface area contributed by atoms with Crippen LogP contribution in [-0.2, 0) is 11.4 Å². The van der Waals surface area contributed by atoms with Crippen molar-refractivity contribution < 1.29 is 24.6 Å². The van der Waals surface area contributed by atoms with Crippen LogP contribution in [0.1, 0.15) is 37.4 Å². The molecule has 0 bridgehead atoms. The van der Waals surface area contributed by atoms with Gasteiger partial charge in [0.25, 0.3) is 5.91 Å². The first-order chi connectivity index (χ1) is 29.2. The second-order valence-electron chi connectivity index (χ2n) is 14.2. The van der Waals surface area contributed by atoms with Crippen LogP contribution in [-0.4, -0.2) is 21.9 Å². The number of hydrogen-bond acceptors (Lipinski definition) is 10. The maximum atomic E-state index is 13.9. The molecule has 1 amide bonds. The second-order valence-corrected chi connectivity index (χ2v) is 14.6. The van der Waals surface area contributed by atoms with Crippen LogP contribution in [0.5, 0.6) is 11.5 Å². The summed E-state index contributed by atoms with van der Waals surface area (Å²) in [5, 5.41) is 46.4. The lowest BCUT2D eigenvalue weighted by atomic mass is 10.0. The predicted octanol–water partition coefficient (Wildman–Crippen LogP) is 13.2. The van der Waals surface area contributed by atoms with Crippen LogP contribution in [0.2, 0.25) is 5.02 Å². The first kappa shape index (κ1) is 37.8. The van der Waals surface area contributed by atoms with Gasteiger partial charge in [0.15, 0.2) is 11.5 Å². The minimum absolute atomic E-state index is 0.00795. The largest absolute Gasteiger partial charge is 0.505 e. The average Bonchev–Trinajstić information content (AvgIpc) is 3.53. The van der Waals surface area contributed by atoms with Gasteiger partial charge in [0.2, 0.25) is 0 Å². The van der Waals surface area contributed by atoms with E-state index in [9.17, 15) is 19.8 Å².